The minimum atomic E-state index is -0.622. The lowest BCUT2D eigenvalue weighted by Crippen LogP contribution is -2.06. The SMILES string of the molecule is CC(N)c1ccccc1Oc1cc(F)ccc1[N+](=O)[O-]. The second kappa shape index (κ2) is 5.66. The summed E-state index contributed by atoms with van der Waals surface area (Å²) >= 11 is 0. The molecule has 0 saturated carbocycles. The molecule has 1 unspecified atom stereocenters. The van der Waals surface area contributed by atoms with Crippen LogP contribution in [0, 0.1) is 15.9 Å². The maximum absolute atomic E-state index is 13.2. The summed E-state index contributed by atoms with van der Waals surface area (Å²) in [6, 6.07) is 9.65. The fraction of sp³-hybridized carbons (Fsp3) is 0.143. The molecule has 0 radical (unpaired) electrons. The molecule has 0 aromatic heterocycles. The van der Waals surface area contributed by atoms with Gasteiger partial charge in [0.1, 0.15) is 11.6 Å². The van der Waals surface area contributed by atoms with Crippen molar-refractivity contribution in [1.29, 1.82) is 0 Å². The summed E-state index contributed by atoms with van der Waals surface area (Å²) in [7, 11) is 0. The van der Waals surface area contributed by atoms with Crippen LogP contribution in [0.25, 0.3) is 0 Å². The van der Waals surface area contributed by atoms with Gasteiger partial charge >= 0.3 is 5.69 Å². The molecule has 20 heavy (non-hydrogen) atoms. The van der Waals surface area contributed by atoms with E-state index in [1.165, 1.54) is 0 Å². The number of nitro benzene ring substituents is 1. The van der Waals surface area contributed by atoms with E-state index in [1.54, 1.807) is 31.2 Å². The van der Waals surface area contributed by atoms with Crippen LogP contribution in [-0.4, -0.2) is 4.92 Å². The van der Waals surface area contributed by atoms with E-state index >= 15 is 0 Å². The Kier molecular flexibility index (Phi) is 3.95. The van der Waals surface area contributed by atoms with E-state index in [9.17, 15) is 14.5 Å². The predicted molar refractivity (Wildman–Crippen MR) is 72.2 cm³/mol. The van der Waals surface area contributed by atoms with E-state index in [0.717, 1.165) is 18.2 Å². The van der Waals surface area contributed by atoms with Crippen molar-refractivity contribution in [1.82, 2.24) is 0 Å². The van der Waals surface area contributed by atoms with Gasteiger partial charge in [0.05, 0.1) is 4.92 Å². The van der Waals surface area contributed by atoms with Gasteiger partial charge < -0.3 is 10.5 Å². The highest BCUT2D eigenvalue weighted by atomic mass is 19.1. The number of rotatable bonds is 4. The first-order valence-corrected chi connectivity index (χ1v) is 5.95. The van der Waals surface area contributed by atoms with Crippen molar-refractivity contribution in [2.24, 2.45) is 5.73 Å². The summed E-state index contributed by atoms with van der Waals surface area (Å²) in [5.74, 6) is -0.386. The van der Waals surface area contributed by atoms with Gasteiger partial charge in [0.15, 0.2) is 0 Å². The molecule has 0 fully saturated rings. The van der Waals surface area contributed by atoms with Gasteiger partial charge in [0.2, 0.25) is 5.75 Å². The molecule has 2 N–H and O–H groups in total. The number of hydrogen-bond donors (Lipinski definition) is 1. The molecule has 104 valence electrons. The Morgan fingerprint density at radius 2 is 1.95 bits per heavy atom. The molecule has 0 amide bonds. The van der Waals surface area contributed by atoms with Crippen LogP contribution in [0.15, 0.2) is 42.5 Å². The van der Waals surface area contributed by atoms with Gasteiger partial charge in [-0.2, -0.15) is 0 Å². The molecule has 0 spiro atoms. The maximum atomic E-state index is 13.2. The van der Waals surface area contributed by atoms with Crippen LogP contribution in [0.5, 0.6) is 11.5 Å². The molecule has 2 aromatic carbocycles. The number of hydrogen-bond acceptors (Lipinski definition) is 4. The van der Waals surface area contributed by atoms with Crippen molar-refractivity contribution in [2.75, 3.05) is 0 Å². The average molecular weight is 276 g/mol. The van der Waals surface area contributed by atoms with Gasteiger partial charge in [0, 0.05) is 23.7 Å². The number of ether oxygens (including phenoxy) is 1. The van der Waals surface area contributed by atoms with E-state index in [1.807, 2.05) is 0 Å². The topological polar surface area (TPSA) is 78.4 Å². The molecule has 2 aromatic rings. The maximum Gasteiger partial charge on any atom is 0.311 e. The minimum absolute atomic E-state index is 0.150. The lowest BCUT2D eigenvalue weighted by molar-refractivity contribution is -0.385. The Hall–Kier alpha value is -2.47. The first kappa shape index (κ1) is 14.0. The van der Waals surface area contributed by atoms with Gasteiger partial charge in [0.25, 0.3) is 0 Å². The Labute approximate surface area is 114 Å². The van der Waals surface area contributed by atoms with E-state index < -0.39 is 10.7 Å². The molecule has 2 rings (SSSR count). The van der Waals surface area contributed by atoms with Crippen molar-refractivity contribution in [3.8, 4) is 11.5 Å². The van der Waals surface area contributed by atoms with Crippen molar-refractivity contribution in [3.05, 3.63) is 64.0 Å². The molecule has 5 nitrogen and oxygen atoms in total. The van der Waals surface area contributed by atoms with Crippen LogP contribution >= 0.6 is 0 Å². The fourth-order valence-corrected chi connectivity index (χ4v) is 1.79. The zero-order valence-corrected chi connectivity index (χ0v) is 10.7. The Morgan fingerprint density at radius 1 is 1.25 bits per heavy atom. The third-order valence-corrected chi connectivity index (χ3v) is 2.75. The molecule has 0 aliphatic rings. The third kappa shape index (κ3) is 2.92. The third-order valence-electron chi connectivity index (χ3n) is 2.75. The van der Waals surface area contributed by atoms with E-state index in [-0.39, 0.29) is 17.5 Å². The van der Waals surface area contributed by atoms with Crippen LogP contribution in [-0.2, 0) is 0 Å². The zero-order chi connectivity index (χ0) is 14.7. The van der Waals surface area contributed by atoms with Crippen molar-refractivity contribution < 1.29 is 14.1 Å². The van der Waals surface area contributed by atoms with Crippen molar-refractivity contribution >= 4 is 5.69 Å². The number of nitrogens with zero attached hydrogens (tertiary/aromatic N) is 1. The predicted octanol–water partition coefficient (Wildman–Crippen LogP) is 3.55. The second-order valence-electron chi connectivity index (χ2n) is 4.30. The largest absolute Gasteiger partial charge is 0.450 e. The van der Waals surface area contributed by atoms with Gasteiger partial charge in [-0.25, -0.2) is 4.39 Å². The van der Waals surface area contributed by atoms with Crippen LogP contribution in [0.2, 0.25) is 0 Å². The van der Waals surface area contributed by atoms with E-state index in [0.29, 0.717) is 11.3 Å². The monoisotopic (exact) mass is 276 g/mol. The Bertz CT molecular complexity index is 644. The molecule has 0 saturated heterocycles. The highest BCUT2D eigenvalue weighted by Crippen LogP contribution is 2.34. The number of nitro groups is 1. The molecule has 0 aliphatic heterocycles. The highest BCUT2D eigenvalue weighted by molar-refractivity contribution is 5.50. The van der Waals surface area contributed by atoms with Gasteiger partial charge in [-0.15, -0.1) is 0 Å². The molecular formula is C14H13FN2O3. The number of halogens is 1. The summed E-state index contributed by atoms with van der Waals surface area (Å²) in [4.78, 5) is 10.3. The summed E-state index contributed by atoms with van der Waals surface area (Å²) in [5, 5.41) is 10.9. The summed E-state index contributed by atoms with van der Waals surface area (Å²) in [5.41, 5.74) is 6.19. The lowest BCUT2D eigenvalue weighted by atomic mass is 10.1. The van der Waals surface area contributed by atoms with E-state index in [4.69, 9.17) is 10.5 Å². The van der Waals surface area contributed by atoms with Gasteiger partial charge in [-0.3, -0.25) is 10.1 Å². The number of para-hydroxylation sites is 1. The average Bonchev–Trinajstić information content (AvgIpc) is 2.38. The summed E-state index contributed by atoms with van der Waals surface area (Å²) in [6.07, 6.45) is 0. The standard InChI is InChI=1S/C14H13FN2O3/c1-9(16)11-4-2-3-5-13(11)20-14-8-10(15)6-7-12(14)17(18)19/h2-9H,16H2,1H3. The second-order valence-corrected chi connectivity index (χ2v) is 4.30. The first-order valence-electron chi connectivity index (χ1n) is 5.95. The zero-order valence-electron chi connectivity index (χ0n) is 10.7. The van der Waals surface area contributed by atoms with Crippen LogP contribution in [0.4, 0.5) is 10.1 Å². The van der Waals surface area contributed by atoms with Crippen molar-refractivity contribution in [3.63, 3.8) is 0 Å². The summed E-state index contributed by atoms with van der Waals surface area (Å²) < 4.78 is 18.7. The first-order chi connectivity index (χ1) is 9.49. The molecule has 0 heterocycles. The quantitative estimate of drug-likeness (QED) is 0.684. The smallest absolute Gasteiger partial charge is 0.311 e. The van der Waals surface area contributed by atoms with Crippen molar-refractivity contribution in [2.45, 2.75) is 13.0 Å². The number of nitrogens with two attached hydrogens (primary N) is 1. The lowest BCUT2D eigenvalue weighted by Gasteiger charge is -2.13. The molecule has 1 atom stereocenters. The Morgan fingerprint density at radius 3 is 2.60 bits per heavy atom. The van der Waals surface area contributed by atoms with Crippen LogP contribution in [0.1, 0.15) is 18.5 Å². The molecule has 0 bridgehead atoms. The van der Waals surface area contributed by atoms with Gasteiger partial charge in [-0.05, 0) is 19.1 Å². The normalized spacial score (nSPS) is 11.9. The molecular weight excluding hydrogens is 263 g/mol. The van der Waals surface area contributed by atoms with Gasteiger partial charge in [-0.1, -0.05) is 18.2 Å². The molecule has 6 heteroatoms. The van der Waals surface area contributed by atoms with Crippen LogP contribution in [0.3, 0.4) is 0 Å². The number of benzene rings is 2. The fourth-order valence-electron chi connectivity index (χ4n) is 1.79. The van der Waals surface area contributed by atoms with Crippen LogP contribution < -0.4 is 10.5 Å². The summed E-state index contributed by atoms with van der Waals surface area (Å²) in [6.45, 7) is 1.77. The molecule has 0 aliphatic carbocycles. The highest BCUT2D eigenvalue weighted by Gasteiger charge is 2.18. The minimum Gasteiger partial charge on any atom is -0.450 e. The Balaban J connectivity index is 2.45. The van der Waals surface area contributed by atoms with E-state index in [2.05, 4.69) is 0 Å².